The first kappa shape index (κ1) is 17.6. The summed E-state index contributed by atoms with van der Waals surface area (Å²) >= 11 is 12.4. The van der Waals surface area contributed by atoms with Crippen LogP contribution in [-0.2, 0) is 6.54 Å². The summed E-state index contributed by atoms with van der Waals surface area (Å²) in [5.41, 5.74) is 9.57. The molecule has 0 aliphatic carbocycles. The summed E-state index contributed by atoms with van der Waals surface area (Å²) in [6.45, 7) is 6.87. The first-order chi connectivity index (χ1) is 11.4. The van der Waals surface area contributed by atoms with E-state index in [0.29, 0.717) is 10.0 Å². The minimum atomic E-state index is -0.0364. The molecule has 2 aromatic rings. The Morgan fingerprint density at radius 2 is 1.96 bits per heavy atom. The van der Waals surface area contributed by atoms with Gasteiger partial charge >= 0.3 is 0 Å². The number of hydrogen-bond acceptors (Lipinski definition) is 4. The van der Waals surface area contributed by atoms with Crippen molar-refractivity contribution < 1.29 is 0 Å². The number of aromatic nitrogens is 2. The van der Waals surface area contributed by atoms with Crippen LogP contribution in [0.1, 0.15) is 31.2 Å². The van der Waals surface area contributed by atoms with E-state index in [0.717, 1.165) is 55.1 Å². The van der Waals surface area contributed by atoms with Gasteiger partial charge in [0.1, 0.15) is 0 Å². The number of nitrogens with zero attached hydrogens (tertiary/aromatic N) is 3. The van der Waals surface area contributed by atoms with Crippen molar-refractivity contribution in [1.29, 1.82) is 0 Å². The van der Waals surface area contributed by atoms with Crippen LogP contribution in [0.2, 0.25) is 10.0 Å². The molecule has 0 radical (unpaired) electrons. The molecule has 1 saturated heterocycles. The van der Waals surface area contributed by atoms with Gasteiger partial charge in [-0.25, -0.2) is 0 Å². The molecule has 24 heavy (non-hydrogen) atoms. The third kappa shape index (κ3) is 3.89. The largest absolute Gasteiger partial charge is 0.325 e. The van der Waals surface area contributed by atoms with Gasteiger partial charge in [0.25, 0.3) is 0 Å². The van der Waals surface area contributed by atoms with Crippen LogP contribution in [0, 0.1) is 6.92 Å². The fraction of sp³-hybridized carbons (Fsp3) is 0.444. The first-order valence-electron chi connectivity index (χ1n) is 8.14. The van der Waals surface area contributed by atoms with Gasteiger partial charge in [-0.05, 0) is 32.8 Å². The van der Waals surface area contributed by atoms with E-state index in [-0.39, 0.29) is 5.54 Å². The van der Waals surface area contributed by atoms with Crippen molar-refractivity contribution in [3.63, 3.8) is 0 Å². The average Bonchev–Trinajstić information content (AvgIpc) is 2.53. The Balaban J connectivity index is 1.77. The Hall–Kier alpha value is -1.20. The van der Waals surface area contributed by atoms with Crippen molar-refractivity contribution in [2.75, 3.05) is 13.1 Å². The Morgan fingerprint density at radius 3 is 2.62 bits per heavy atom. The zero-order valence-electron chi connectivity index (χ0n) is 14.0. The Bertz CT molecular complexity index is 736. The second-order valence-corrected chi connectivity index (χ2v) is 7.61. The maximum Gasteiger partial charge on any atom is 0.0930 e. The molecule has 1 fully saturated rings. The Kier molecular flexibility index (Phi) is 5.11. The fourth-order valence-corrected chi connectivity index (χ4v) is 3.40. The van der Waals surface area contributed by atoms with Crippen LogP contribution in [0.25, 0.3) is 11.3 Å². The summed E-state index contributed by atoms with van der Waals surface area (Å²) in [5.74, 6) is 0. The van der Waals surface area contributed by atoms with E-state index in [1.165, 1.54) is 0 Å². The van der Waals surface area contributed by atoms with Crippen molar-refractivity contribution in [2.45, 2.75) is 38.8 Å². The molecule has 1 aliphatic rings. The molecule has 6 heteroatoms. The van der Waals surface area contributed by atoms with Crippen LogP contribution in [0.15, 0.2) is 24.4 Å². The maximum atomic E-state index is 6.30. The highest BCUT2D eigenvalue weighted by Crippen LogP contribution is 2.33. The van der Waals surface area contributed by atoms with Crippen LogP contribution in [-0.4, -0.2) is 33.5 Å². The van der Waals surface area contributed by atoms with Gasteiger partial charge in [0.2, 0.25) is 0 Å². The monoisotopic (exact) mass is 364 g/mol. The van der Waals surface area contributed by atoms with E-state index in [1.807, 2.05) is 25.3 Å². The molecule has 2 heterocycles. The molecule has 0 unspecified atom stereocenters. The summed E-state index contributed by atoms with van der Waals surface area (Å²) < 4.78 is 0. The van der Waals surface area contributed by atoms with Gasteiger partial charge in [-0.3, -0.25) is 14.9 Å². The Labute approximate surface area is 153 Å². The van der Waals surface area contributed by atoms with E-state index in [9.17, 15) is 0 Å². The van der Waals surface area contributed by atoms with Crippen molar-refractivity contribution in [3.8, 4) is 11.3 Å². The average molecular weight is 365 g/mol. The van der Waals surface area contributed by atoms with E-state index in [1.54, 1.807) is 6.07 Å². The SMILES string of the molecule is Cc1nc(CN2CCC(C)(N)CC2)cnc1-c1cccc(Cl)c1Cl. The molecule has 0 atom stereocenters. The van der Waals surface area contributed by atoms with E-state index < -0.39 is 0 Å². The zero-order valence-corrected chi connectivity index (χ0v) is 15.5. The minimum absolute atomic E-state index is 0.0364. The van der Waals surface area contributed by atoms with Crippen LogP contribution in [0.3, 0.4) is 0 Å². The van der Waals surface area contributed by atoms with Gasteiger partial charge in [-0.15, -0.1) is 0 Å². The molecule has 4 nitrogen and oxygen atoms in total. The normalized spacial score (nSPS) is 17.9. The molecule has 128 valence electrons. The second kappa shape index (κ2) is 6.96. The first-order valence-corrected chi connectivity index (χ1v) is 8.89. The topological polar surface area (TPSA) is 55.0 Å². The number of likely N-dealkylation sites (tertiary alicyclic amines) is 1. The predicted octanol–water partition coefficient (Wildman–Crippen LogP) is 4.07. The van der Waals surface area contributed by atoms with Crippen LogP contribution in [0.5, 0.6) is 0 Å². The van der Waals surface area contributed by atoms with E-state index in [4.69, 9.17) is 33.9 Å². The van der Waals surface area contributed by atoms with Crippen molar-refractivity contribution >= 4 is 23.2 Å². The molecule has 2 N–H and O–H groups in total. The summed E-state index contributed by atoms with van der Waals surface area (Å²) in [4.78, 5) is 11.7. The zero-order chi connectivity index (χ0) is 17.3. The molecule has 0 spiro atoms. The number of benzene rings is 1. The lowest BCUT2D eigenvalue weighted by molar-refractivity contribution is 0.163. The molecular weight excluding hydrogens is 343 g/mol. The highest BCUT2D eigenvalue weighted by Gasteiger charge is 2.26. The number of halogens is 2. The maximum absolute atomic E-state index is 6.30. The van der Waals surface area contributed by atoms with E-state index in [2.05, 4.69) is 16.8 Å². The summed E-state index contributed by atoms with van der Waals surface area (Å²) in [6, 6.07) is 5.56. The summed E-state index contributed by atoms with van der Waals surface area (Å²) in [5, 5.41) is 1.04. The van der Waals surface area contributed by atoms with Gasteiger partial charge in [0.15, 0.2) is 0 Å². The standard InChI is InChI=1S/C18H22Cl2N4/c1-12-17(14-4-3-5-15(19)16(14)20)22-10-13(23-12)11-24-8-6-18(2,21)7-9-24/h3-5,10H,6-9,11,21H2,1-2H3. The fourth-order valence-electron chi connectivity index (χ4n) is 3.01. The van der Waals surface area contributed by atoms with Crippen molar-refractivity contribution in [1.82, 2.24) is 14.9 Å². The van der Waals surface area contributed by atoms with Gasteiger partial charge in [-0.1, -0.05) is 35.3 Å². The lowest BCUT2D eigenvalue weighted by atomic mass is 9.91. The molecular formula is C18H22Cl2N4. The molecule has 0 amide bonds. The molecule has 1 aromatic heterocycles. The van der Waals surface area contributed by atoms with Gasteiger partial charge in [0.05, 0.1) is 33.3 Å². The summed E-state index contributed by atoms with van der Waals surface area (Å²) in [7, 11) is 0. The number of piperidine rings is 1. The molecule has 3 rings (SSSR count). The lowest BCUT2D eigenvalue weighted by Crippen LogP contribution is -2.47. The minimum Gasteiger partial charge on any atom is -0.325 e. The van der Waals surface area contributed by atoms with Crippen LogP contribution >= 0.6 is 23.2 Å². The van der Waals surface area contributed by atoms with E-state index >= 15 is 0 Å². The Morgan fingerprint density at radius 1 is 1.25 bits per heavy atom. The van der Waals surface area contributed by atoms with Gasteiger partial charge < -0.3 is 5.73 Å². The quantitative estimate of drug-likeness (QED) is 0.891. The smallest absolute Gasteiger partial charge is 0.0930 e. The number of aryl methyl sites for hydroxylation is 1. The number of hydrogen-bond donors (Lipinski definition) is 1. The van der Waals surface area contributed by atoms with Crippen molar-refractivity contribution in [2.24, 2.45) is 5.73 Å². The van der Waals surface area contributed by atoms with Crippen molar-refractivity contribution in [3.05, 3.63) is 45.8 Å². The molecule has 1 aliphatic heterocycles. The van der Waals surface area contributed by atoms with Gasteiger partial charge in [0, 0.05) is 30.7 Å². The number of nitrogens with two attached hydrogens (primary N) is 1. The highest BCUT2D eigenvalue weighted by molar-refractivity contribution is 6.43. The summed E-state index contributed by atoms with van der Waals surface area (Å²) in [6.07, 6.45) is 3.85. The number of rotatable bonds is 3. The highest BCUT2D eigenvalue weighted by atomic mass is 35.5. The molecule has 0 saturated carbocycles. The predicted molar refractivity (Wildman–Crippen MR) is 99.3 cm³/mol. The van der Waals surface area contributed by atoms with Gasteiger partial charge in [-0.2, -0.15) is 0 Å². The lowest BCUT2D eigenvalue weighted by Gasteiger charge is -2.36. The molecule has 1 aromatic carbocycles. The third-order valence-corrected chi connectivity index (χ3v) is 5.41. The second-order valence-electron chi connectivity index (χ2n) is 6.83. The van der Waals surface area contributed by atoms with Crippen LogP contribution in [0.4, 0.5) is 0 Å². The third-order valence-electron chi connectivity index (χ3n) is 4.59. The molecule has 0 bridgehead atoms. The van der Waals surface area contributed by atoms with Crippen LogP contribution < -0.4 is 5.73 Å².